The van der Waals surface area contributed by atoms with Crippen LogP contribution in [-0.4, -0.2) is 20.7 Å². The Morgan fingerprint density at radius 3 is 2.61 bits per heavy atom. The smallest absolute Gasteiger partial charge is 0.278 e. The highest BCUT2D eigenvalue weighted by atomic mass is 19.1. The van der Waals surface area contributed by atoms with Crippen molar-refractivity contribution in [3.05, 3.63) is 71.4 Å². The zero-order valence-corrected chi connectivity index (χ0v) is 12.7. The number of para-hydroxylation sites is 1. The third kappa shape index (κ3) is 3.11. The lowest BCUT2D eigenvalue weighted by atomic mass is 10.2. The molecule has 1 aromatic carbocycles. The van der Waals surface area contributed by atoms with Crippen LogP contribution in [0.4, 0.5) is 10.2 Å². The second-order valence-electron chi connectivity index (χ2n) is 5.22. The lowest BCUT2D eigenvalue weighted by Crippen LogP contribution is -2.18. The summed E-state index contributed by atoms with van der Waals surface area (Å²) in [6, 6.07) is 12.4. The Balaban J connectivity index is 1.93. The summed E-state index contributed by atoms with van der Waals surface area (Å²) in [6.45, 7) is 3.53. The molecule has 116 valence electrons. The SMILES string of the molecule is Cc1cnc(C(=O)Nc2cc(C)nn2-c2ccccc2)c(F)c1. The van der Waals surface area contributed by atoms with E-state index in [-0.39, 0.29) is 5.69 Å². The van der Waals surface area contributed by atoms with Crippen molar-refractivity contribution < 1.29 is 9.18 Å². The van der Waals surface area contributed by atoms with Crippen LogP contribution < -0.4 is 5.32 Å². The molecule has 3 aromatic rings. The van der Waals surface area contributed by atoms with Gasteiger partial charge in [0.2, 0.25) is 0 Å². The first-order valence-electron chi connectivity index (χ1n) is 7.10. The maximum atomic E-state index is 13.9. The third-order valence-electron chi connectivity index (χ3n) is 3.27. The molecule has 0 saturated heterocycles. The third-order valence-corrected chi connectivity index (χ3v) is 3.27. The Kier molecular flexibility index (Phi) is 3.89. The van der Waals surface area contributed by atoms with Gasteiger partial charge in [0.25, 0.3) is 5.91 Å². The van der Waals surface area contributed by atoms with E-state index in [2.05, 4.69) is 15.4 Å². The molecule has 0 spiro atoms. The summed E-state index contributed by atoms with van der Waals surface area (Å²) in [5, 5.41) is 7.02. The molecule has 0 unspecified atom stereocenters. The van der Waals surface area contributed by atoms with E-state index in [4.69, 9.17) is 0 Å². The second kappa shape index (κ2) is 6.00. The Hall–Kier alpha value is -3.02. The summed E-state index contributed by atoms with van der Waals surface area (Å²) in [5.74, 6) is -0.801. The van der Waals surface area contributed by atoms with Gasteiger partial charge in [-0.1, -0.05) is 18.2 Å². The molecule has 0 aliphatic heterocycles. The zero-order chi connectivity index (χ0) is 16.4. The van der Waals surface area contributed by atoms with Crippen molar-refractivity contribution in [3.8, 4) is 5.69 Å². The molecule has 2 heterocycles. The normalized spacial score (nSPS) is 10.6. The largest absolute Gasteiger partial charge is 0.305 e. The number of anilines is 1. The number of pyridine rings is 1. The van der Waals surface area contributed by atoms with Gasteiger partial charge in [-0.05, 0) is 37.6 Å². The van der Waals surface area contributed by atoms with Crippen molar-refractivity contribution in [1.29, 1.82) is 0 Å². The standard InChI is InChI=1S/C17H15FN4O/c1-11-8-14(18)16(19-10-11)17(23)20-15-9-12(2)21-22(15)13-6-4-3-5-7-13/h3-10H,1-2H3,(H,20,23). The van der Waals surface area contributed by atoms with E-state index < -0.39 is 11.7 Å². The predicted molar refractivity (Wildman–Crippen MR) is 85.2 cm³/mol. The number of nitrogens with one attached hydrogen (secondary N) is 1. The maximum absolute atomic E-state index is 13.9. The minimum absolute atomic E-state index is 0.242. The number of aromatic nitrogens is 3. The topological polar surface area (TPSA) is 59.8 Å². The van der Waals surface area contributed by atoms with Crippen LogP contribution in [0.15, 0.2) is 48.7 Å². The molecule has 0 bridgehead atoms. The molecular weight excluding hydrogens is 295 g/mol. The summed E-state index contributed by atoms with van der Waals surface area (Å²) in [6.07, 6.45) is 1.46. The van der Waals surface area contributed by atoms with E-state index in [0.717, 1.165) is 11.4 Å². The lowest BCUT2D eigenvalue weighted by Gasteiger charge is -2.09. The predicted octanol–water partition coefficient (Wildman–Crippen LogP) is 3.28. The van der Waals surface area contributed by atoms with E-state index in [1.165, 1.54) is 12.3 Å². The number of carbonyl (C=O) groups is 1. The number of aryl methyl sites for hydroxylation is 2. The highest BCUT2D eigenvalue weighted by Gasteiger charge is 2.17. The van der Waals surface area contributed by atoms with E-state index in [1.54, 1.807) is 17.7 Å². The van der Waals surface area contributed by atoms with Gasteiger partial charge in [0, 0.05) is 12.3 Å². The van der Waals surface area contributed by atoms with Gasteiger partial charge >= 0.3 is 0 Å². The summed E-state index contributed by atoms with van der Waals surface area (Å²) in [7, 11) is 0. The van der Waals surface area contributed by atoms with E-state index in [1.807, 2.05) is 37.3 Å². The van der Waals surface area contributed by atoms with Crippen LogP contribution in [0.2, 0.25) is 0 Å². The summed E-state index contributed by atoms with van der Waals surface area (Å²) >= 11 is 0. The van der Waals surface area contributed by atoms with Crippen LogP contribution in [0, 0.1) is 19.7 Å². The van der Waals surface area contributed by atoms with E-state index in [0.29, 0.717) is 11.4 Å². The van der Waals surface area contributed by atoms with Crippen molar-refractivity contribution in [3.63, 3.8) is 0 Å². The Labute approximate surface area is 132 Å². The monoisotopic (exact) mass is 310 g/mol. The average molecular weight is 310 g/mol. The maximum Gasteiger partial charge on any atom is 0.278 e. The van der Waals surface area contributed by atoms with Gasteiger partial charge in [-0.15, -0.1) is 0 Å². The number of halogens is 1. The van der Waals surface area contributed by atoms with Crippen molar-refractivity contribution in [2.45, 2.75) is 13.8 Å². The van der Waals surface area contributed by atoms with Gasteiger partial charge in [-0.2, -0.15) is 5.10 Å². The molecule has 0 radical (unpaired) electrons. The number of rotatable bonds is 3. The summed E-state index contributed by atoms with van der Waals surface area (Å²) in [4.78, 5) is 16.2. The summed E-state index contributed by atoms with van der Waals surface area (Å²) < 4.78 is 15.5. The number of nitrogens with zero attached hydrogens (tertiary/aromatic N) is 3. The van der Waals surface area contributed by atoms with Gasteiger partial charge in [-0.3, -0.25) is 4.79 Å². The fourth-order valence-corrected chi connectivity index (χ4v) is 2.23. The van der Waals surface area contributed by atoms with Crippen LogP contribution >= 0.6 is 0 Å². The zero-order valence-electron chi connectivity index (χ0n) is 12.7. The van der Waals surface area contributed by atoms with Crippen LogP contribution in [-0.2, 0) is 0 Å². The van der Waals surface area contributed by atoms with Crippen LogP contribution in [0.3, 0.4) is 0 Å². The first kappa shape index (κ1) is 14.9. The molecule has 6 heteroatoms. The van der Waals surface area contributed by atoms with E-state index >= 15 is 0 Å². The Morgan fingerprint density at radius 1 is 1.17 bits per heavy atom. The fourth-order valence-electron chi connectivity index (χ4n) is 2.23. The first-order valence-corrected chi connectivity index (χ1v) is 7.10. The van der Waals surface area contributed by atoms with Gasteiger partial charge in [0.05, 0.1) is 11.4 Å². The Morgan fingerprint density at radius 2 is 1.91 bits per heavy atom. The van der Waals surface area contributed by atoms with Gasteiger partial charge in [0.1, 0.15) is 5.82 Å². The fraction of sp³-hybridized carbons (Fsp3) is 0.118. The highest BCUT2D eigenvalue weighted by Crippen LogP contribution is 2.18. The first-order chi connectivity index (χ1) is 11.0. The molecular formula is C17H15FN4O. The molecule has 3 rings (SSSR count). The Bertz CT molecular complexity index is 858. The van der Waals surface area contributed by atoms with Crippen molar-refractivity contribution in [1.82, 2.24) is 14.8 Å². The van der Waals surface area contributed by atoms with Crippen molar-refractivity contribution >= 4 is 11.7 Å². The molecule has 0 aliphatic rings. The minimum Gasteiger partial charge on any atom is -0.305 e. The van der Waals surface area contributed by atoms with Crippen LogP contribution in [0.1, 0.15) is 21.7 Å². The van der Waals surface area contributed by atoms with Crippen molar-refractivity contribution in [2.24, 2.45) is 0 Å². The van der Waals surface area contributed by atoms with Gasteiger partial charge in [-0.25, -0.2) is 14.1 Å². The van der Waals surface area contributed by atoms with Crippen LogP contribution in [0.25, 0.3) is 5.69 Å². The summed E-state index contributed by atoms with van der Waals surface area (Å²) in [5.41, 5.74) is 1.95. The van der Waals surface area contributed by atoms with Gasteiger partial charge in [0.15, 0.2) is 11.5 Å². The molecule has 5 nitrogen and oxygen atoms in total. The number of hydrogen-bond donors (Lipinski definition) is 1. The molecule has 0 saturated carbocycles. The number of carbonyl (C=O) groups excluding carboxylic acids is 1. The number of amides is 1. The highest BCUT2D eigenvalue weighted by molar-refractivity contribution is 6.02. The number of benzene rings is 1. The molecule has 0 atom stereocenters. The molecule has 2 aromatic heterocycles. The van der Waals surface area contributed by atoms with Crippen LogP contribution in [0.5, 0.6) is 0 Å². The molecule has 0 fully saturated rings. The number of hydrogen-bond acceptors (Lipinski definition) is 3. The molecule has 0 aliphatic carbocycles. The second-order valence-corrected chi connectivity index (χ2v) is 5.22. The molecule has 1 amide bonds. The quantitative estimate of drug-likeness (QED) is 0.807. The van der Waals surface area contributed by atoms with Crippen molar-refractivity contribution in [2.75, 3.05) is 5.32 Å². The van der Waals surface area contributed by atoms with Gasteiger partial charge < -0.3 is 5.32 Å². The minimum atomic E-state index is -0.648. The lowest BCUT2D eigenvalue weighted by molar-refractivity contribution is 0.101. The molecule has 1 N–H and O–H groups in total. The average Bonchev–Trinajstić information content (AvgIpc) is 2.88. The van der Waals surface area contributed by atoms with E-state index in [9.17, 15) is 9.18 Å². The molecule has 23 heavy (non-hydrogen) atoms.